The van der Waals surface area contributed by atoms with E-state index < -0.39 is 0 Å². The molecular formula is C8H11NO2S. The normalized spacial score (nSPS) is 9.83. The van der Waals surface area contributed by atoms with Crippen LogP contribution in [0.5, 0.6) is 0 Å². The second kappa shape index (κ2) is 4.23. The van der Waals surface area contributed by atoms with Crippen LogP contribution < -0.4 is 5.32 Å². The molecule has 1 rings (SSSR count). The summed E-state index contributed by atoms with van der Waals surface area (Å²) in [5.74, 6) is -0.0502. The maximum absolute atomic E-state index is 10.7. The van der Waals surface area contributed by atoms with Crippen LogP contribution in [0.15, 0.2) is 11.4 Å². The van der Waals surface area contributed by atoms with Gasteiger partial charge >= 0.3 is 0 Å². The van der Waals surface area contributed by atoms with Gasteiger partial charge in [-0.05, 0) is 11.4 Å². The van der Waals surface area contributed by atoms with E-state index in [1.54, 1.807) is 18.4 Å². The van der Waals surface area contributed by atoms with Crippen molar-refractivity contribution >= 4 is 22.9 Å². The number of rotatable bonds is 3. The number of carbonyl (C=O) groups is 1. The average molecular weight is 185 g/mol. The minimum atomic E-state index is -0.0502. The molecule has 1 N–H and O–H groups in total. The predicted octanol–water partition coefficient (Wildman–Crippen LogP) is 1.85. The highest BCUT2D eigenvalue weighted by Crippen LogP contribution is 2.22. The van der Waals surface area contributed by atoms with Crippen molar-refractivity contribution in [2.45, 2.75) is 13.5 Å². The van der Waals surface area contributed by atoms with Gasteiger partial charge in [0.15, 0.2) is 0 Å². The molecule has 0 aliphatic carbocycles. The highest BCUT2D eigenvalue weighted by atomic mass is 32.1. The highest BCUT2D eigenvalue weighted by Gasteiger charge is 2.04. The van der Waals surface area contributed by atoms with Crippen LogP contribution >= 0.6 is 11.3 Å². The van der Waals surface area contributed by atoms with Crippen molar-refractivity contribution in [3.05, 3.63) is 16.3 Å². The van der Waals surface area contributed by atoms with Crippen LogP contribution in [-0.4, -0.2) is 13.0 Å². The third kappa shape index (κ3) is 2.32. The van der Waals surface area contributed by atoms with E-state index in [2.05, 4.69) is 5.32 Å². The fraction of sp³-hybridized carbons (Fsp3) is 0.375. The van der Waals surface area contributed by atoms with Gasteiger partial charge in [0, 0.05) is 14.0 Å². The number of amides is 1. The lowest BCUT2D eigenvalue weighted by Gasteiger charge is -2.01. The summed E-state index contributed by atoms with van der Waals surface area (Å²) in [5.41, 5.74) is 0.856. The minimum Gasteiger partial charge on any atom is -0.379 e. The van der Waals surface area contributed by atoms with Crippen LogP contribution in [0, 0.1) is 0 Å². The van der Waals surface area contributed by atoms with Gasteiger partial charge in [0.2, 0.25) is 5.91 Å². The molecule has 0 bridgehead atoms. The fourth-order valence-corrected chi connectivity index (χ4v) is 1.68. The third-order valence-electron chi connectivity index (χ3n) is 1.33. The van der Waals surface area contributed by atoms with E-state index in [1.165, 1.54) is 6.92 Å². The zero-order chi connectivity index (χ0) is 8.97. The van der Waals surface area contributed by atoms with Crippen molar-refractivity contribution in [3.63, 3.8) is 0 Å². The van der Waals surface area contributed by atoms with Crippen molar-refractivity contribution in [2.24, 2.45) is 0 Å². The first-order valence-corrected chi connectivity index (χ1v) is 4.45. The van der Waals surface area contributed by atoms with Gasteiger partial charge in [-0.25, -0.2) is 0 Å². The Morgan fingerprint density at radius 3 is 3.08 bits per heavy atom. The van der Waals surface area contributed by atoms with Crippen LogP contribution in [0.3, 0.4) is 0 Å². The van der Waals surface area contributed by atoms with Gasteiger partial charge in [-0.1, -0.05) is 0 Å². The van der Waals surface area contributed by atoms with Crippen LogP contribution in [0.1, 0.15) is 11.8 Å². The van der Waals surface area contributed by atoms with Crippen molar-refractivity contribution in [2.75, 3.05) is 12.4 Å². The number of hydrogen-bond acceptors (Lipinski definition) is 3. The molecule has 0 saturated carbocycles. The standard InChI is InChI=1S/C8H11NO2S/c1-6(10)9-7-3-4-12-8(7)5-11-2/h3-4H,5H2,1-2H3,(H,9,10). The first-order chi connectivity index (χ1) is 5.74. The predicted molar refractivity (Wildman–Crippen MR) is 49.3 cm³/mol. The number of methoxy groups -OCH3 is 1. The van der Waals surface area contributed by atoms with E-state index in [4.69, 9.17) is 4.74 Å². The van der Waals surface area contributed by atoms with Gasteiger partial charge in [-0.3, -0.25) is 4.79 Å². The second-order valence-electron chi connectivity index (χ2n) is 2.37. The van der Waals surface area contributed by atoms with Gasteiger partial charge in [0.1, 0.15) is 0 Å². The molecule has 0 radical (unpaired) electrons. The van der Waals surface area contributed by atoms with Crippen LogP contribution in [0.2, 0.25) is 0 Å². The zero-order valence-electron chi connectivity index (χ0n) is 7.09. The summed E-state index contributed by atoms with van der Waals surface area (Å²) >= 11 is 1.58. The summed E-state index contributed by atoms with van der Waals surface area (Å²) in [4.78, 5) is 11.8. The van der Waals surface area contributed by atoms with Crippen LogP contribution in [0.25, 0.3) is 0 Å². The Morgan fingerprint density at radius 1 is 1.75 bits per heavy atom. The number of thiophene rings is 1. The molecule has 4 heteroatoms. The Bertz CT molecular complexity index is 270. The highest BCUT2D eigenvalue weighted by molar-refractivity contribution is 7.10. The smallest absolute Gasteiger partial charge is 0.221 e. The fourth-order valence-electron chi connectivity index (χ4n) is 0.885. The summed E-state index contributed by atoms with van der Waals surface area (Å²) < 4.78 is 4.97. The third-order valence-corrected chi connectivity index (χ3v) is 2.23. The molecule has 1 amide bonds. The quantitative estimate of drug-likeness (QED) is 0.780. The molecule has 0 aliphatic heterocycles. The molecule has 0 aromatic carbocycles. The monoisotopic (exact) mass is 185 g/mol. The Labute approximate surface area is 75.4 Å². The molecule has 0 saturated heterocycles. The Balaban J connectivity index is 2.69. The van der Waals surface area contributed by atoms with Crippen molar-refractivity contribution < 1.29 is 9.53 Å². The summed E-state index contributed by atoms with van der Waals surface area (Å²) in [5, 5.41) is 4.66. The van der Waals surface area contributed by atoms with Gasteiger partial charge < -0.3 is 10.1 Å². The molecule has 0 spiro atoms. The van der Waals surface area contributed by atoms with Crippen LogP contribution in [0.4, 0.5) is 5.69 Å². The molecular weight excluding hydrogens is 174 g/mol. The molecule has 0 fully saturated rings. The maximum atomic E-state index is 10.7. The summed E-state index contributed by atoms with van der Waals surface area (Å²) in [7, 11) is 1.64. The Morgan fingerprint density at radius 2 is 2.50 bits per heavy atom. The van der Waals surface area contributed by atoms with Crippen molar-refractivity contribution in [3.8, 4) is 0 Å². The molecule has 12 heavy (non-hydrogen) atoms. The summed E-state index contributed by atoms with van der Waals surface area (Å²) in [6.45, 7) is 2.04. The zero-order valence-corrected chi connectivity index (χ0v) is 7.90. The molecule has 1 heterocycles. The Hall–Kier alpha value is -0.870. The number of carbonyl (C=O) groups excluding carboxylic acids is 1. The van der Waals surface area contributed by atoms with Gasteiger partial charge in [-0.15, -0.1) is 11.3 Å². The van der Waals surface area contributed by atoms with Crippen molar-refractivity contribution in [1.82, 2.24) is 0 Å². The SMILES string of the molecule is COCc1sccc1NC(C)=O. The number of anilines is 1. The Kier molecular flexibility index (Phi) is 3.25. The number of hydrogen-bond donors (Lipinski definition) is 1. The largest absolute Gasteiger partial charge is 0.379 e. The first-order valence-electron chi connectivity index (χ1n) is 3.57. The first kappa shape index (κ1) is 9.22. The molecule has 0 atom stereocenters. The van der Waals surface area contributed by atoms with Crippen molar-refractivity contribution in [1.29, 1.82) is 0 Å². The topological polar surface area (TPSA) is 38.3 Å². The van der Waals surface area contributed by atoms with E-state index in [-0.39, 0.29) is 5.91 Å². The van der Waals surface area contributed by atoms with E-state index in [9.17, 15) is 4.79 Å². The molecule has 1 aromatic rings. The molecule has 0 aliphatic rings. The van der Waals surface area contributed by atoms with Gasteiger partial charge in [0.05, 0.1) is 17.2 Å². The second-order valence-corrected chi connectivity index (χ2v) is 3.37. The average Bonchev–Trinajstić information content (AvgIpc) is 2.37. The molecule has 66 valence electrons. The molecule has 1 aromatic heterocycles. The lowest BCUT2D eigenvalue weighted by atomic mass is 10.4. The summed E-state index contributed by atoms with van der Waals surface area (Å²) in [6, 6.07) is 1.88. The van der Waals surface area contributed by atoms with E-state index in [0.717, 1.165) is 10.6 Å². The van der Waals surface area contributed by atoms with Crippen LogP contribution in [-0.2, 0) is 16.1 Å². The molecule has 0 unspecified atom stereocenters. The van der Waals surface area contributed by atoms with E-state index >= 15 is 0 Å². The number of nitrogens with one attached hydrogen (secondary N) is 1. The maximum Gasteiger partial charge on any atom is 0.221 e. The van der Waals surface area contributed by atoms with Gasteiger partial charge in [0.25, 0.3) is 0 Å². The van der Waals surface area contributed by atoms with Gasteiger partial charge in [-0.2, -0.15) is 0 Å². The summed E-state index contributed by atoms with van der Waals surface area (Å²) in [6.07, 6.45) is 0. The number of ether oxygens (including phenoxy) is 1. The minimum absolute atomic E-state index is 0.0502. The lowest BCUT2D eigenvalue weighted by molar-refractivity contribution is -0.114. The molecule has 3 nitrogen and oxygen atoms in total. The van der Waals surface area contributed by atoms with E-state index in [1.807, 2.05) is 11.4 Å². The lowest BCUT2D eigenvalue weighted by Crippen LogP contribution is -2.06. The van der Waals surface area contributed by atoms with E-state index in [0.29, 0.717) is 6.61 Å².